The van der Waals surface area contributed by atoms with Crippen molar-refractivity contribution in [2.45, 2.75) is 36.4 Å². The summed E-state index contributed by atoms with van der Waals surface area (Å²) in [6, 6.07) is 37.9. The van der Waals surface area contributed by atoms with Crippen LogP contribution >= 0.6 is 11.8 Å². The van der Waals surface area contributed by atoms with Crippen molar-refractivity contribution < 1.29 is 34.0 Å². The minimum Gasteiger partial charge on any atom is -0.478 e. The number of hydrogen-bond donors (Lipinski definition) is 4. The van der Waals surface area contributed by atoms with Crippen molar-refractivity contribution in [2.75, 3.05) is 16.4 Å². The third-order valence-corrected chi connectivity index (χ3v) is 8.87. The van der Waals surface area contributed by atoms with Gasteiger partial charge in [0.15, 0.2) is 6.29 Å². The summed E-state index contributed by atoms with van der Waals surface area (Å²) < 4.78 is 18.7. The fourth-order valence-electron chi connectivity index (χ4n) is 5.26. The van der Waals surface area contributed by atoms with E-state index in [0.29, 0.717) is 39.8 Å². The van der Waals surface area contributed by atoms with Crippen LogP contribution in [0.1, 0.15) is 45.9 Å². The van der Waals surface area contributed by atoms with E-state index in [4.69, 9.17) is 14.2 Å². The molecule has 0 saturated carbocycles. The van der Waals surface area contributed by atoms with Crippen LogP contribution in [0.4, 0.5) is 16.2 Å². The molecule has 48 heavy (non-hydrogen) atoms. The molecule has 6 rings (SSSR count). The first-order valence-corrected chi connectivity index (χ1v) is 16.4. The van der Waals surface area contributed by atoms with Crippen LogP contribution in [0.3, 0.4) is 0 Å². The molecule has 5 aromatic carbocycles. The van der Waals surface area contributed by atoms with Gasteiger partial charge in [-0.1, -0.05) is 66.7 Å². The average molecular weight is 663 g/mol. The zero-order valence-corrected chi connectivity index (χ0v) is 26.6. The lowest BCUT2D eigenvalue weighted by molar-refractivity contribution is -0.245. The maximum absolute atomic E-state index is 12.9. The second kappa shape index (κ2) is 15.6. The summed E-state index contributed by atoms with van der Waals surface area (Å²) in [5, 5.41) is 24.9. The van der Waals surface area contributed by atoms with E-state index in [0.717, 1.165) is 16.9 Å². The summed E-state index contributed by atoms with van der Waals surface area (Å²) in [6.45, 7) is -0.0544. The van der Waals surface area contributed by atoms with Crippen molar-refractivity contribution in [3.63, 3.8) is 0 Å². The quantitative estimate of drug-likeness (QED) is 0.104. The number of hydrogen-bond acceptors (Lipinski definition) is 7. The zero-order chi connectivity index (χ0) is 33.3. The maximum Gasteiger partial charge on any atom is 0.336 e. The van der Waals surface area contributed by atoms with E-state index in [1.54, 1.807) is 48.5 Å². The van der Waals surface area contributed by atoms with Crippen molar-refractivity contribution >= 4 is 35.1 Å². The number of aliphatic hydroxyl groups excluding tert-OH is 1. The SMILES string of the molecule is O=C(Nc1ccc(Oc2ccccc2)cc1)Nc1cccc([C@H]2O[C@@H](CSc3ccccc3C(=O)O)C[C@@H](c3ccc(CO)cc3)O2)c1. The first-order chi connectivity index (χ1) is 23.4. The highest BCUT2D eigenvalue weighted by Crippen LogP contribution is 2.40. The van der Waals surface area contributed by atoms with Gasteiger partial charge < -0.3 is 35.1 Å². The maximum atomic E-state index is 12.9. The molecule has 0 bridgehead atoms. The largest absolute Gasteiger partial charge is 0.478 e. The predicted octanol–water partition coefficient (Wildman–Crippen LogP) is 8.65. The van der Waals surface area contributed by atoms with Crippen molar-refractivity contribution in [2.24, 2.45) is 0 Å². The van der Waals surface area contributed by atoms with Crippen molar-refractivity contribution in [3.05, 3.63) is 150 Å². The lowest BCUT2D eigenvalue weighted by atomic mass is 10.0. The number of amides is 2. The standard InChI is InChI=1S/C38H34N2O7S/c41-23-25-13-15-26(16-14-25)34-22-32(24-48-35-12-5-4-11-33(35)36(42)43)46-37(47-34)27-7-6-8-29(21-27)40-38(44)39-28-17-19-31(20-18-28)45-30-9-2-1-3-10-30/h1-21,32,34,37,41H,22-24H2,(H,42,43)(H2,39,40,44)/t32-,34+,37+/m1/s1. The minimum atomic E-state index is -0.979. The predicted molar refractivity (Wildman–Crippen MR) is 185 cm³/mol. The van der Waals surface area contributed by atoms with E-state index in [1.165, 1.54) is 11.8 Å². The van der Waals surface area contributed by atoms with Gasteiger partial charge in [0.1, 0.15) is 11.5 Å². The number of carbonyl (C=O) groups is 2. The van der Waals surface area contributed by atoms with E-state index < -0.39 is 18.3 Å². The minimum absolute atomic E-state index is 0.0544. The molecule has 0 spiro atoms. The molecule has 1 saturated heterocycles. The number of ether oxygens (including phenoxy) is 3. The Morgan fingerprint density at radius 2 is 1.46 bits per heavy atom. The van der Waals surface area contributed by atoms with Crippen LogP contribution in [0.5, 0.6) is 11.5 Å². The molecule has 0 aromatic heterocycles. The summed E-state index contributed by atoms with van der Waals surface area (Å²) in [5.41, 5.74) is 3.85. The molecule has 3 atom stereocenters. The van der Waals surface area contributed by atoms with Crippen LogP contribution in [0.15, 0.2) is 132 Å². The van der Waals surface area contributed by atoms with E-state index in [1.807, 2.05) is 78.9 Å². The normalized spacial score (nSPS) is 17.3. The zero-order valence-electron chi connectivity index (χ0n) is 25.8. The molecular weight excluding hydrogens is 628 g/mol. The molecule has 0 unspecified atom stereocenters. The molecule has 10 heteroatoms. The number of aromatic carboxylic acids is 1. The van der Waals surface area contributed by atoms with Gasteiger partial charge in [0.05, 0.1) is 24.4 Å². The van der Waals surface area contributed by atoms with Crippen molar-refractivity contribution in [1.82, 2.24) is 0 Å². The fraction of sp³-hybridized carbons (Fsp3) is 0.158. The smallest absolute Gasteiger partial charge is 0.336 e. The summed E-state index contributed by atoms with van der Waals surface area (Å²) in [6.07, 6.45) is -0.784. The average Bonchev–Trinajstić information content (AvgIpc) is 3.12. The van der Waals surface area contributed by atoms with Gasteiger partial charge in [-0.25, -0.2) is 9.59 Å². The molecule has 244 valence electrons. The van der Waals surface area contributed by atoms with Crippen LogP contribution in [0.2, 0.25) is 0 Å². The van der Waals surface area contributed by atoms with Crippen LogP contribution in [-0.4, -0.2) is 34.1 Å². The van der Waals surface area contributed by atoms with Gasteiger partial charge in [-0.15, -0.1) is 11.8 Å². The third kappa shape index (κ3) is 8.61. The number of urea groups is 1. The number of anilines is 2. The molecule has 1 heterocycles. The van der Waals surface area contributed by atoms with Crippen molar-refractivity contribution in [3.8, 4) is 11.5 Å². The van der Waals surface area contributed by atoms with Crippen LogP contribution in [-0.2, 0) is 16.1 Å². The molecule has 1 aliphatic heterocycles. The van der Waals surface area contributed by atoms with Gasteiger partial charge in [0.2, 0.25) is 0 Å². The third-order valence-electron chi connectivity index (χ3n) is 7.66. The topological polar surface area (TPSA) is 126 Å². The Bertz CT molecular complexity index is 1830. The van der Waals surface area contributed by atoms with Crippen LogP contribution in [0.25, 0.3) is 0 Å². The number of carboxylic acids is 1. The van der Waals surface area contributed by atoms with E-state index in [2.05, 4.69) is 10.6 Å². The molecule has 9 nitrogen and oxygen atoms in total. The molecule has 1 fully saturated rings. The number of carboxylic acid groups (broad SMARTS) is 1. The second-order valence-corrected chi connectivity index (χ2v) is 12.2. The summed E-state index contributed by atoms with van der Waals surface area (Å²) in [4.78, 5) is 25.3. The molecule has 1 aliphatic rings. The summed E-state index contributed by atoms with van der Waals surface area (Å²) in [5.74, 6) is 0.900. The number of carbonyl (C=O) groups excluding carboxylic acids is 1. The monoisotopic (exact) mass is 662 g/mol. The molecule has 5 aromatic rings. The first-order valence-electron chi connectivity index (χ1n) is 15.4. The number of para-hydroxylation sites is 1. The van der Waals surface area contributed by atoms with Crippen LogP contribution in [0, 0.1) is 0 Å². The first kappa shape index (κ1) is 32.8. The number of nitrogens with one attached hydrogen (secondary N) is 2. The fourth-order valence-corrected chi connectivity index (χ4v) is 6.33. The molecular formula is C38H34N2O7S. The molecule has 0 aliphatic carbocycles. The van der Waals surface area contributed by atoms with E-state index in [-0.39, 0.29) is 24.4 Å². The van der Waals surface area contributed by atoms with E-state index >= 15 is 0 Å². The Labute approximate surface area is 282 Å². The van der Waals surface area contributed by atoms with Crippen molar-refractivity contribution in [1.29, 1.82) is 0 Å². The van der Waals surface area contributed by atoms with Gasteiger partial charge in [-0.05, 0) is 71.8 Å². The number of thioether (sulfide) groups is 1. The van der Waals surface area contributed by atoms with Crippen LogP contribution < -0.4 is 15.4 Å². The lowest BCUT2D eigenvalue weighted by Crippen LogP contribution is -2.31. The highest BCUT2D eigenvalue weighted by Gasteiger charge is 2.32. The highest BCUT2D eigenvalue weighted by molar-refractivity contribution is 7.99. The van der Waals surface area contributed by atoms with Gasteiger partial charge in [0, 0.05) is 34.0 Å². The van der Waals surface area contributed by atoms with Gasteiger partial charge in [-0.3, -0.25) is 0 Å². The van der Waals surface area contributed by atoms with E-state index in [9.17, 15) is 19.8 Å². The number of aliphatic hydroxyl groups is 1. The van der Waals surface area contributed by atoms with Gasteiger partial charge >= 0.3 is 12.0 Å². The summed E-state index contributed by atoms with van der Waals surface area (Å²) >= 11 is 1.43. The molecule has 0 radical (unpaired) electrons. The second-order valence-electron chi connectivity index (χ2n) is 11.1. The Balaban J connectivity index is 1.13. The molecule has 2 amide bonds. The number of rotatable bonds is 11. The Kier molecular flexibility index (Phi) is 10.7. The molecule has 4 N–H and O–H groups in total. The Hall–Kier alpha value is -5.13. The summed E-state index contributed by atoms with van der Waals surface area (Å²) in [7, 11) is 0. The Morgan fingerprint density at radius 1 is 0.750 bits per heavy atom. The van der Waals surface area contributed by atoms with Gasteiger partial charge in [0.25, 0.3) is 0 Å². The highest BCUT2D eigenvalue weighted by atomic mass is 32.2. The number of benzene rings is 5. The lowest BCUT2D eigenvalue weighted by Gasteiger charge is -2.36. The van der Waals surface area contributed by atoms with Gasteiger partial charge in [-0.2, -0.15) is 0 Å². The Morgan fingerprint density at radius 3 is 2.21 bits per heavy atom.